The second-order valence-corrected chi connectivity index (χ2v) is 4.58. The summed E-state index contributed by atoms with van der Waals surface area (Å²) in [5, 5.41) is 10.7. The molecular formula is C12H17N3O3. The number of likely N-dealkylation sites (N-methyl/N-ethyl adjacent to an activating group) is 1. The number of anilines is 1. The topological polar surface area (TPSA) is 81.6 Å². The first-order chi connectivity index (χ1) is 8.58. The zero-order chi connectivity index (χ0) is 13.1. The van der Waals surface area contributed by atoms with Gasteiger partial charge in [-0.2, -0.15) is 0 Å². The van der Waals surface area contributed by atoms with Crippen LogP contribution in [0.1, 0.15) is 12.0 Å². The molecule has 98 valence electrons. The van der Waals surface area contributed by atoms with Crippen LogP contribution < -0.4 is 5.73 Å². The molecular weight excluding hydrogens is 234 g/mol. The molecule has 2 rings (SSSR count). The van der Waals surface area contributed by atoms with E-state index in [-0.39, 0.29) is 11.4 Å². The lowest BCUT2D eigenvalue weighted by Crippen LogP contribution is -2.31. The number of nitrogen functional groups attached to an aromatic ring is 1. The maximum Gasteiger partial charge on any atom is 0.292 e. The molecule has 1 aliphatic heterocycles. The van der Waals surface area contributed by atoms with Gasteiger partial charge in [-0.25, -0.2) is 0 Å². The highest BCUT2D eigenvalue weighted by Crippen LogP contribution is 2.23. The summed E-state index contributed by atoms with van der Waals surface area (Å²) < 4.78 is 5.33. The Hall–Kier alpha value is -1.66. The van der Waals surface area contributed by atoms with Crippen LogP contribution in [-0.4, -0.2) is 36.1 Å². The first-order valence-electron chi connectivity index (χ1n) is 5.88. The van der Waals surface area contributed by atoms with Crippen LogP contribution in [0.25, 0.3) is 0 Å². The quantitative estimate of drug-likeness (QED) is 0.497. The smallest absolute Gasteiger partial charge is 0.292 e. The number of ether oxygens (including phenoxy) is 1. The van der Waals surface area contributed by atoms with Crippen LogP contribution in [0, 0.1) is 10.1 Å². The average molecular weight is 251 g/mol. The maximum absolute atomic E-state index is 10.7. The Morgan fingerprint density at radius 2 is 2.39 bits per heavy atom. The molecule has 1 aromatic carbocycles. The number of hydrogen-bond acceptors (Lipinski definition) is 5. The summed E-state index contributed by atoms with van der Waals surface area (Å²) in [5.41, 5.74) is 6.83. The number of hydrogen-bond donors (Lipinski definition) is 1. The molecule has 0 aliphatic carbocycles. The molecule has 0 aromatic heterocycles. The van der Waals surface area contributed by atoms with Crippen molar-refractivity contribution in [2.24, 2.45) is 0 Å². The van der Waals surface area contributed by atoms with Gasteiger partial charge in [-0.3, -0.25) is 15.0 Å². The van der Waals surface area contributed by atoms with E-state index in [4.69, 9.17) is 10.5 Å². The van der Waals surface area contributed by atoms with Crippen molar-refractivity contribution in [1.82, 2.24) is 4.90 Å². The third kappa shape index (κ3) is 2.77. The van der Waals surface area contributed by atoms with Gasteiger partial charge in [0.1, 0.15) is 5.69 Å². The van der Waals surface area contributed by atoms with Crippen molar-refractivity contribution in [2.75, 3.05) is 26.0 Å². The molecule has 0 spiro atoms. The molecule has 6 nitrogen and oxygen atoms in total. The van der Waals surface area contributed by atoms with Gasteiger partial charge in [-0.1, -0.05) is 6.07 Å². The highest BCUT2D eigenvalue weighted by molar-refractivity contribution is 5.59. The second kappa shape index (κ2) is 5.32. The molecule has 0 radical (unpaired) electrons. The lowest BCUT2D eigenvalue weighted by molar-refractivity contribution is -0.383. The third-order valence-corrected chi connectivity index (χ3v) is 3.25. The largest absolute Gasteiger partial charge is 0.393 e. The Balaban J connectivity index is 2.05. The van der Waals surface area contributed by atoms with E-state index in [1.807, 2.05) is 7.05 Å². The van der Waals surface area contributed by atoms with E-state index < -0.39 is 4.92 Å². The normalized spacial score (nSPS) is 19.3. The molecule has 1 heterocycles. The summed E-state index contributed by atoms with van der Waals surface area (Å²) in [7, 11) is 2.02. The van der Waals surface area contributed by atoms with Crippen molar-refractivity contribution in [3.8, 4) is 0 Å². The average Bonchev–Trinajstić information content (AvgIpc) is 2.81. The maximum atomic E-state index is 10.7. The van der Waals surface area contributed by atoms with Crippen molar-refractivity contribution in [3.05, 3.63) is 33.9 Å². The third-order valence-electron chi connectivity index (χ3n) is 3.25. The van der Waals surface area contributed by atoms with Crippen LogP contribution in [-0.2, 0) is 11.3 Å². The fourth-order valence-corrected chi connectivity index (χ4v) is 2.16. The zero-order valence-corrected chi connectivity index (χ0v) is 10.3. The van der Waals surface area contributed by atoms with Gasteiger partial charge in [0.15, 0.2) is 0 Å². The van der Waals surface area contributed by atoms with E-state index in [0.29, 0.717) is 6.04 Å². The summed E-state index contributed by atoms with van der Waals surface area (Å²) in [6, 6.07) is 5.30. The Morgan fingerprint density at radius 3 is 2.94 bits per heavy atom. The van der Waals surface area contributed by atoms with E-state index in [0.717, 1.165) is 31.7 Å². The number of benzene rings is 1. The zero-order valence-electron chi connectivity index (χ0n) is 10.3. The van der Waals surface area contributed by atoms with Crippen molar-refractivity contribution in [3.63, 3.8) is 0 Å². The predicted octanol–water partition coefficient (Wildman–Crippen LogP) is 1.40. The first kappa shape index (κ1) is 12.8. The minimum Gasteiger partial charge on any atom is -0.393 e. The van der Waals surface area contributed by atoms with Crippen LogP contribution in [0.2, 0.25) is 0 Å². The predicted molar refractivity (Wildman–Crippen MR) is 68.2 cm³/mol. The molecule has 1 saturated heterocycles. The van der Waals surface area contributed by atoms with Gasteiger partial charge >= 0.3 is 0 Å². The molecule has 0 saturated carbocycles. The molecule has 1 aromatic rings. The van der Waals surface area contributed by atoms with E-state index in [1.165, 1.54) is 6.07 Å². The summed E-state index contributed by atoms with van der Waals surface area (Å²) in [5.74, 6) is 0. The molecule has 1 unspecified atom stereocenters. The fraction of sp³-hybridized carbons (Fsp3) is 0.500. The van der Waals surface area contributed by atoms with Gasteiger partial charge in [0.2, 0.25) is 0 Å². The van der Waals surface area contributed by atoms with E-state index in [2.05, 4.69) is 4.90 Å². The minimum absolute atomic E-state index is 0.0365. The SMILES string of the molecule is CN(Cc1ccc([N+](=O)[O-])c(N)c1)C1CCOC1. The fourth-order valence-electron chi connectivity index (χ4n) is 2.16. The van der Waals surface area contributed by atoms with Crippen LogP contribution >= 0.6 is 0 Å². The standard InChI is InChI=1S/C12H17N3O3/c1-14(10-4-5-18-8-10)7-9-2-3-12(15(16)17)11(13)6-9/h2-3,6,10H,4-5,7-8,13H2,1H3. The van der Waals surface area contributed by atoms with Crippen molar-refractivity contribution in [2.45, 2.75) is 19.0 Å². The molecule has 6 heteroatoms. The molecule has 18 heavy (non-hydrogen) atoms. The monoisotopic (exact) mass is 251 g/mol. The molecule has 0 amide bonds. The van der Waals surface area contributed by atoms with Gasteiger partial charge in [0, 0.05) is 25.3 Å². The van der Waals surface area contributed by atoms with Crippen molar-refractivity contribution in [1.29, 1.82) is 0 Å². The van der Waals surface area contributed by atoms with Crippen LogP contribution in [0.3, 0.4) is 0 Å². The molecule has 1 atom stereocenters. The summed E-state index contributed by atoms with van der Waals surface area (Å²) in [4.78, 5) is 12.4. The van der Waals surface area contributed by atoms with Crippen molar-refractivity contribution >= 4 is 11.4 Å². The number of nitro benzene ring substituents is 1. The van der Waals surface area contributed by atoms with Gasteiger partial charge in [-0.15, -0.1) is 0 Å². The Morgan fingerprint density at radius 1 is 1.61 bits per heavy atom. The van der Waals surface area contributed by atoms with Crippen LogP contribution in [0.15, 0.2) is 18.2 Å². The van der Waals surface area contributed by atoms with Crippen molar-refractivity contribution < 1.29 is 9.66 Å². The molecule has 2 N–H and O–H groups in total. The number of rotatable bonds is 4. The molecule has 0 bridgehead atoms. The van der Waals surface area contributed by atoms with E-state index in [1.54, 1.807) is 12.1 Å². The lowest BCUT2D eigenvalue weighted by Gasteiger charge is -2.22. The Labute approximate surface area is 105 Å². The number of nitro groups is 1. The lowest BCUT2D eigenvalue weighted by atomic mass is 10.1. The van der Waals surface area contributed by atoms with Gasteiger partial charge in [-0.05, 0) is 25.1 Å². The van der Waals surface area contributed by atoms with E-state index in [9.17, 15) is 10.1 Å². The second-order valence-electron chi connectivity index (χ2n) is 4.58. The number of nitrogens with two attached hydrogens (primary N) is 1. The van der Waals surface area contributed by atoms with Crippen LogP contribution in [0.4, 0.5) is 11.4 Å². The van der Waals surface area contributed by atoms with Crippen LogP contribution in [0.5, 0.6) is 0 Å². The molecule has 1 aliphatic rings. The first-order valence-corrected chi connectivity index (χ1v) is 5.88. The minimum atomic E-state index is -0.465. The summed E-state index contributed by atoms with van der Waals surface area (Å²) in [6.07, 6.45) is 1.03. The summed E-state index contributed by atoms with van der Waals surface area (Å²) >= 11 is 0. The van der Waals surface area contributed by atoms with Gasteiger partial charge in [0.25, 0.3) is 5.69 Å². The van der Waals surface area contributed by atoms with Gasteiger partial charge in [0.05, 0.1) is 11.5 Å². The van der Waals surface area contributed by atoms with Gasteiger partial charge < -0.3 is 10.5 Å². The number of nitrogens with zero attached hydrogens (tertiary/aromatic N) is 2. The van der Waals surface area contributed by atoms with E-state index >= 15 is 0 Å². The summed E-state index contributed by atoms with van der Waals surface area (Å²) in [6.45, 7) is 2.27. The highest BCUT2D eigenvalue weighted by atomic mass is 16.6. The Kier molecular flexibility index (Phi) is 3.78. The Bertz CT molecular complexity index is 444. The molecule has 1 fully saturated rings. The highest BCUT2D eigenvalue weighted by Gasteiger charge is 2.20.